The number of rotatable bonds is 3. The molecule has 46 valence electrons. The van der Waals surface area contributed by atoms with Gasteiger partial charge in [0, 0.05) is 12.7 Å². The molecule has 0 aliphatic heterocycles. The van der Waals surface area contributed by atoms with Crippen LogP contribution in [0, 0.1) is 5.41 Å². The van der Waals surface area contributed by atoms with E-state index in [0.717, 1.165) is 6.54 Å². The molecule has 0 atom stereocenters. The zero-order valence-electron chi connectivity index (χ0n) is 5.39. The topological polar surface area (TPSA) is 27.1 Å². The van der Waals surface area contributed by atoms with Gasteiger partial charge in [0.15, 0.2) is 0 Å². The summed E-state index contributed by atoms with van der Waals surface area (Å²) in [6.07, 6.45) is 5.08. The fourth-order valence-corrected chi connectivity index (χ4v) is 0.431. The highest BCUT2D eigenvalue weighted by Crippen LogP contribution is 1.81. The maximum atomic E-state index is 6.81. The first-order chi connectivity index (χ1) is 3.85. The minimum atomic E-state index is 0.869. The predicted octanol–water partition coefficient (Wildman–Crippen LogP) is 1.45. The van der Waals surface area contributed by atoms with Gasteiger partial charge >= 0.3 is 0 Å². The molecule has 0 saturated heterocycles. The standard InChI is InChI=1S/C6H12N2/c1-3-5-8(4-2)6-7/h3,5-7H,4H2,1-2H3/b5-3-,7-6?. The molecule has 0 aromatic rings. The Morgan fingerprint density at radius 3 is 2.38 bits per heavy atom. The van der Waals surface area contributed by atoms with Crippen molar-refractivity contribution in [3.05, 3.63) is 12.3 Å². The van der Waals surface area contributed by atoms with Crippen LogP contribution in [0.3, 0.4) is 0 Å². The van der Waals surface area contributed by atoms with Gasteiger partial charge in [-0.05, 0) is 13.8 Å². The van der Waals surface area contributed by atoms with E-state index in [-0.39, 0.29) is 0 Å². The van der Waals surface area contributed by atoms with Crippen molar-refractivity contribution in [2.24, 2.45) is 0 Å². The van der Waals surface area contributed by atoms with Crippen LogP contribution >= 0.6 is 0 Å². The number of hydrogen-bond donors (Lipinski definition) is 1. The van der Waals surface area contributed by atoms with E-state index in [2.05, 4.69) is 0 Å². The minimum Gasteiger partial charge on any atom is -0.340 e. The van der Waals surface area contributed by atoms with Crippen molar-refractivity contribution in [2.75, 3.05) is 6.54 Å². The summed E-state index contributed by atoms with van der Waals surface area (Å²) in [5.74, 6) is 0. The van der Waals surface area contributed by atoms with Gasteiger partial charge in [-0.3, -0.25) is 5.41 Å². The molecule has 0 heterocycles. The van der Waals surface area contributed by atoms with Crippen LogP contribution in [0.2, 0.25) is 0 Å². The van der Waals surface area contributed by atoms with Gasteiger partial charge in [0.2, 0.25) is 0 Å². The largest absolute Gasteiger partial charge is 0.340 e. The van der Waals surface area contributed by atoms with Crippen molar-refractivity contribution < 1.29 is 0 Å². The summed E-state index contributed by atoms with van der Waals surface area (Å²) in [5.41, 5.74) is 0. The van der Waals surface area contributed by atoms with Gasteiger partial charge < -0.3 is 4.90 Å². The van der Waals surface area contributed by atoms with Crippen LogP contribution in [0.25, 0.3) is 0 Å². The first kappa shape index (κ1) is 7.21. The fourth-order valence-electron chi connectivity index (χ4n) is 0.431. The zero-order valence-corrected chi connectivity index (χ0v) is 5.39. The maximum absolute atomic E-state index is 6.81. The normalized spacial score (nSPS) is 9.75. The lowest BCUT2D eigenvalue weighted by atomic mass is 10.6. The van der Waals surface area contributed by atoms with Crippen LogP contribution in [0.1, 0.15) is 13.8 Å². The van der Waals surface area contributed by atoms with Crippen LogP contribution in [-0.2, 0) is 0 Å². The molecular weight excluding hydrogens is 100 g/mol. The Morgan fingerprint density at radius 2 is 2.25 bits per heavy atom. The predicted molar refractivity (Wildman–Crippen MR) is 36.0 cm³/mol. The summed E-state index contributed by atoms with van der Waals surface area (Å²) < 4.78 is 0. The molecule has 8 heavy (non-hydrogen) atoms. The highest BCUT2D eigenvalue weighted by Gasteiger charge is 1.82. The van der Waals surface area contributed by atoms with E-state index in [4.69, 9.17) is 5.41 Å². The van der Waals surface area contributed by atoms with Gasteiger partial charge in [-0.2, -0.15) is 0 Å². The molecule has 0 aromatic carbocycles. The Bertz CT molecular complexity index is 86.5. The van der Waals surface area contributed by atoms with Crippen LogP contribution < -0.4 is 0 Å². The fraction of sp³-hybridized carbons (Fsp3) is 0.500. The third-order valence-corrected chi connectivity index (χ3v) is 0.872. The number of nitrogens with one attached hydrogen (secondary N) is 1. The van der Waals surface area contributed by atoms with E-state index >= 15 is 0 Å². The van der Waals surface area contributed by atoms with Crippen molar-refractivity contribution in [2.45, 2.75) is 13.8 Å². The summed E-state index contributed by atoms with van der Waals surface area (Å²) in [4.78, 5) is 1.79. The first-order valence-electron chi connectivity index (χ1n) is 2.74. The average molecular weight is 112 g/mol. The van der Waals surface area contributed by atoms with E-state index < -0.39 is 0 Å². The molecule has 0 rings (SSSR count). The van der Waals surface area contributed by atoms with E-state index in [1.807, 2.05) is 26.1 Å². The lowest BCUT2D eigenvalue weighted by Gasteiger charge is -2.07. The van der Waals surface area contributed by atoms with Crippen LogP contribution in [-0.4, -0.2) is 17.8 Å². The van der Waals surface area contributed by atoms with E-state index in [0.29, 0.717) is 0 Å². The SMILES string of the molecule is C/C=C\N(C=N)CC. The highest BCUT2D eigenvalue weighted by atomic mass is 15.1. The average Bonchev–Trinajstić information content (AvgIpc) is 1.83. The Morgan fingerprint density at radius 1 is 1.62 bits per heavy atom. The smallest absolute Gasteiger partial charge is 0.0856 e. The molecule has 0 aliphatic carbocycles. The molecule has 0 spiro atoms. The van der Waals surface area contributed by atoms with Gasteiger partial charge in [-0.25, -0.2) is 0 Å². The molecule has 1 N–H and O–H groups in total. The minimum absolute atomic E-state index is 0.869. The molecule has 0 aromatic heterocycles. The molecule has 0 bridgehead atoms. The van der Waals surface area contributed by atoms with Crippen molar-refractivity contribution in [3.63, 3.8) is 0 Å². The molecule has 0 unspecified atom stereocenters. The second kappa shape index (κ2) is 4.37. The molecular formula is C6H12N2. The lowest BCUT2D eigenvalue weighted by Crippen LogP contribution is -2.12. The van der Waals surface area contributed by atoms with Crippen LogP contribution in [0.15, 0.2) is 12.3 Å². The zero-order chi connectivity index (χ0) is 6.41. The monoisotopic (exact) mass is 112 g/mol. The Balaban J connectivity index is 3.52. The summed E-state index contributed by atoms with van der Waals surface area (Å²) in [6.45, 7) is 4.81. The lowest BCUT2D eigenvalue weighted by molar-refractivity contribution is 0.603. The maximum Gasteiger partial charge on any atom is 0.0856 e. The van der Waals surface area contributed by atoms with E-state index in [9.17, 15) is 0 Å². The van der Waals surface area contributed by atoms with Crippen molar-refractivity contribution >= 4 is 6.34 Å². The Hall–Kier alpha value is -0.790. The highest BCUT2D eigenvalue weighted by molar-refractivity contribution is 5.52. The van der Waals surface area contributed by atoms with Crippen molar-refractivity contribution in [3.8, 4) is 0 Å². The van der Waals surface area contributed by atoms with Crippen molar-refractivity contribution in [1.82, 2.24) is 4.90 Å². The molecule has 0 radical (unpaired) electrons. The third-order valence-electron chi connectivity index (χ3n) is 0.872. The molecule has 0 amide bonds. The second-order valence-corrected chi connectivity index (χ2v) is 1.44. The number of hydrogen-bond acceptors (Lipinski definition) is 1. The summed E-state index contributed by atoms with van der Waals surface area (Å²) >= 11 is 0. The number of allylic oxidation sites excluding steroid dienone is 1. The van der Waals surface area contributed by atoms with Crippen molar-refractivity contribution in [1.29, 1.82) is 5.41 Å². The summed E-state index contributed by atoms with van der Waals surface area (Å²) in [5, 5.41) is 6.81. The van der Waals surface area contributed by atoms with Gasteiger partial charge in [0.1, 0.15) is 0 Å². The Kier molecular flexibility index (Phi) is 3.94. The van der Waals surface area contributed by atoms with Gasteiger partial charge in [-0.15, -0.1) is 0 Å². The summed E-state index contributed by atoms with van der Waals surface area (Å²) in [7, 11) is 0. The second-order valence-electron chi connectivity index (χ2n) is 1.44. The van der Waals surface area contributed by atoms with E-state index in [1.54, 1.807) is 4.90 Å². The summed E-state index contributed by atoms with van der Waals surface area (Å²) in [6, 6.07) is 0. The van der Waals surface area contributed by atoms with Crippen LogP contribution in [0.4, 0.5) is 0 Å². The Labute approximate surface area is 50.3 Å². The molecule has 0 saturated carbocycles. The van der Waals surface area contributed by atoms with Gasteiger partial charge in [0.25, 0.3) is 0 Å². The quantitative estimate of drug-likeness (QED) is 0.434. The first-order valence-corrected chi connectivity index (χ1v) is 2.74. The van der Waals surface area contributed by atoms with E-state index in [1.165, 1.54) is 6.34 Å². The van der Waals surface area contributed by atoms with Gasteiger partial charge in [0.05, 0.1) is 6.34 Å². The third kappa shape index (κ3) is 2.39. The van der Waals surface area contributed by atoms with Gasteiger partial charge in [-0.1, -0.05) is 6.08 Å². The molecule has 2 heteroatoms. The molecule has 0 aliphatic rings. The van der Waals surface area contributed by atoms with Crippen LogP contribution in [0.5, 0.6) is 0 Å². The molecule has 2 nitrogen and oxygen atoms in total. The number of nitrogens with zero attached hydrogens (tertiary/aromatic N) is 1. The molecule has 0 fully saturated rings.